The Hall–Kier alpha value is -2.76. The van der Waals surface area contributed by atoms with Gasteiger partial charge in [0.25, 0.3) is 0 Å². The van der Waals surface area contributed by atoms with Gasteiger partial charge in [0, 0.05) is 17.8 Å². The second kappa shape index (κ2) is 5.70. The van der Waals surface area contributed by atoms with Crippen LogP contribution < -0.4 is 14.8 Å². The van der Waals surface area contributed by atoms with E-state index in [-0.39, 0.29) is 12.7 Å². The Morgan fingerprint density at radius 2 is 2.24 bits per heavy atom. The summed E-state index contributed by atoms with van der Waals surface area (Å²) in [5, 5.41) is 9.54. The largest absolute Gasteiger partial charge is 0.454 e. The van der Waals surface area contributed by atoms with Crippen LogP contribution in [-0.2, 0) is 11.2 Å². The summed E-state index contributed by atoms with van der Waals surface area (Å²) in [5.41, 5.74) is 1.84. The molecule has 0 aliphatic carbocycles. The van der Waals surface area contributed by atoms with Crippen LogP contribution in [0.15, 0.2) is 30.3 Å². The van der Waals surface area contributed by atoms with Gasteiger partial charge in [0.05, 0.1) is 0 Å². The summed E-state index contributed by atoms with van der Waals surface area (Å²) in [4.78, 5) is 11.8. The van der Waals surface area contributed by atoms with E-state index in [2.05, 4.69) is 15.5 Å². The third kappa shape index (κ3) is 3.05. The van der Waals surface area contributed by atoms with Gasteiger partial charge < -0.3 is 14.8 Å². The number of benzene rings is 1. The molecular weight excluding hydrogens is 270 g/mol. The fraction of sp³-hybridized carbons (Fsp3) is 0.200. The number of rotatable bonds is 4. The lowest BCUT2D eigenvalue weighted by Gasteiger charge is -1.98. The summed E-state index contributed by atoms with van der Waals surface area (Å²) in [6.45, 7) is 2.25. The van der Waals surface area contributed by atoms with Crippen molar-refractivity contribution in [1.29, 1.82) is 0 Å². The molecule has 0 atom stereocenters. The average Bonchev–Trinajstić information content (AvgIpc) is 3.13. The van der Waals surface area contributed by atoms with Crippen LogP contribution in [0.3, 0.4) is 0 Å². The van der Waals surface area contributed by atoms with Gasteiger partial charge >= 0.3 is 0 Å². The summed E-state index contributed by atoms with van der Waals surface area (Å²) in [6.07, 6.45) is 4.01. The molecule has 1 aliphatic rings. The molecule has 2 heterocycles. The topological polar surface area (TPSA) is 76.2 Å². The molecule has 0 fully saturated rings. The maximum Gasteiger partial charge on any atom is 0.249 e. The number of nitrogens with zero attached hydrogens (tertiary/aromatic N) is 1. The molecule has 0 bridgehead atoms. The number of amides is 1. The van der Waals surface area contributed by atoms with E-state index in [0.29, 0.717) is 11.6 Å². The predicted molar refractivity (Wildman–Crippen MR) is 78.2 cm³/mol. The first-order valence-corrected chi connectivity index (χ1v) is 6.67. The van der Waals surface area contributed by atoms with Crippen molar-refractivity contribution in [2.75, 3.05) is 12.1 Å². The molecule has 108 valence electrons. The molecule has 2 N–H and O–H groups in total. The van der Waals surface area contributed by atoms with Gasteiger partial charge in [0.15, 0.2) is 17.3 Å². The van der Waals surface area contributed by atoms with E-state index < -0.39 is 0 Å². The van der Waals surface area contributed by atoms with Crippen molar-refractivity contribution >= 4 is 17.8 Å². The number of carbonyl (C=O) groups is 1. The molecule has 1 aromatic carbocycles. The minimum Gasteiger partial charge on any atom is -0.454 e. The number of nitrogens with one attached hydrogen (secondary N) is 2. The molecule has 0 saturated carbocycles. The van der Waals surface area contributed by atoms with Crippen LogP contribution >= 0.6 is 0 Å². The lowest BCUT2D eigenvalue weighted by Crippen LogP contribution is -2.07. The standard InChI is InChI=1S/C15H15N3O3/c1-2-11-8-14(18-17-11)16-15(19)6-4-10-3-5-12-13(7-10)21-9-20-12/h3-8H,2,9H2,1H3,(H2,16,17,18,19)/b6-4+. The highest BCUT2D eigenvalue weighted by Crippen LogP contribution is 2.32. The molecule has 0 spiro atoms. The summed E-state index contributed by atoms with van der Waals surface area (Å²) in [6, 6.07) is 7.32. The number of aryl methyl sites for hydroxylation is 1. The first kappa shape index (κ1) is 13.2. The van der Waals surface area contributed by atoms with Crippen LogP contribution in [0.4, 0.5) is 5.82 Å². The average molecular weight is 285 g/mol. The molecule has 0 radical (unpaired) electrons. The number of fused-ring (bicyclic) bond motifs is 1. The number of hydrogen-bond acceptors (Lipinski definition) is 4. The van der Waals surface area contributed by atoms with Gasteiger partial charge in [-0.2, -0.15) is 5.10 Å². The Balaban J connectivity index is 1.64. The van der Waals surface area contributed by atoms with Crippen molar-refractivity contribution in [1.82, 2.24) is 10.2 Å². The van der Waals surface area contributed by atoms with E-state index in [0.717, 1.165) is 23.4 Å². The third-order valence-corrected chi connectivity index (χ3v) is 3.09. The minimum absolute atomic E-state index is 0.234. The minimum atomic E-state index is -0.234. The Morgan fingerprint density at radius 3 is 3.05 bits per heavy atom. The fourth-order valence-electron chi connectivity index (χ4n) is 1.96. The molecule has 1 aromatic heterocycles. The maximum atomic E-state index is 11.8. The van der Waals surface area contributed by atoms with E-state index in [1.54, 1.807) is 6.08 Å². The van der Waals surface area contributed by atoms with Gasteiger partial charge in [-0.3, -0.25) is 9.89 Å². The molecular formula is C15H15N3O3. The zero-order valence-electron chi connectivity index (χ0n) is 11.6. The first-order chi connectivity index (χ1) is 10.2. The SMILES string of the molecule is CCc1cc(NC(=O)/C=C/c2ccc3c(c2)OCO3)n[nH]1. The van der Waals surface area contributed by atoms with E-state index in [1.807, 2.05) is 31.2 Å². The van der Waals surface area contributed by atoms with Crippen molar-refractivity contribution < 1.29 is 14.3 Å². The molecule has 6 heteroatoms. The number of H-pyrrole nitrogens is 1. The first-order valence-electron chi connectivity index (χ1n) is 6.67. The van der Waals surface area contributed by atoms with Crippen molar-refractivity contribution in [3.8, 4) is 11.5 Å². The number of carbonyl (C=O) groups excluding carboxylic acids is 1. The Morgan fingerprint density at radius 1 is 1.38 bits per heavy atom. The Bertz CT molecular complexity index is 691. The zero-order chi connectivity index (χ0) is 14.7. The Labute approximate surface area is 121 Å². The van der Waals surface area contributed by atoms with Crippen molar-refractivity contribution in [2.45, 2.75) is 13.3 Å². The zero-order valence-corrected chi connectivity index (χ0v) is 11.6. The molecule has 21 heavy (non-hydrogen) atoms. The predicted octanol–water partition coefficient (Wildman–Crippen LogP) is 2.35. The van der Waals surface area contributed by atoms with Crippen LogP contribution in [0.1, 0.15) is 18.2 Å². The fourth-order valence-corrected chi connectivity index (χ4v) is 1.96. The monoisotopic (exact) mass is 285 g/mol. The molecule has 3 rings (SSSR count). The van der Waals surface area contributed by atoms with E-state index >= 15 is 0 Å². The lowest BCUT2D eigenvalue weighted by molar-refractivity contribution is -0.111. The van der Waals surface area contributed by atoms with Crippen LogP contribution in [0.5, 0.6) is 11.5 Å². The molecule has 0 saturated heterocycles. The van der Waals surface area contributed by atoms with Crippen molar-refractivity contribution in [2.24, 2.45) is 0 Å². The smallest absolute Gasteiger partial charge is 0.249 e. The van der Waals surface area contributed by atoms with Gasteiger partial charge in [-0.15, -0.1) is 0 Å². The van der Waals surface area contributed by atoms with Gasteiger partial charge in [-0.1, -0.05) is 13.0 Å². The van der Waals surface area contributed by atoms with Gasteiger partial charge in [-0.25, -0.2) is 0 Å². The quantitative estimate of drug-likeness (QED) is 0.845. The molecule has 1 aliphatic heterocycles. The van der Waals surface area contributed by atoms with Crippen LogP contribution in [0.25, 0.3) is 6.08 Å². The van der Waals surface area contributed by atoms with E-state index in [4.69, 9.17) is 9.47 Å². The molecule has 0 unspecified atom stereocenters. The van der Waals surface area contributed by atoms with Crippen molar-refractivity contribution in [3.63, 3.8) is 0 Å². The number of aromatic amines is 1. The summed E-state index contributed by atoms with van der Waals surface area (Å²) >= 11 is 0. The van der Waals surface area contributed by atoms with Crippen LogP contribution in [-0.4, -0.2) is 22.9 Å². The normalized spacial score (nSPS) is 12.8. The highest BCUT2D eigenvalue weighted by Gasteiger charge is 2.12. The highest BCUT2D eigenvalue weighted by atomic mass is 16.7. The third-order valence-electron chi connectivity index (χ3n) is 3.09. The highest BCUT2D eigenvalue weighted by molar-refractivity contribution is 6.01. The maximum absolute atomic E-state index is 11.8. The number of anilines is 1. The van der Waals surface area contributed by atoms with Gasteiger partial charge in [0.2, 0.25) is 12.7 Å². The molecule has 6 nitrogen and oxygen atoms in total. The van der Waals surface area contributed by atoms with Gasteiger partial charge in [0.1, 0.15) is 0 Å². The number of aromatic nitrogens is 2. The number of hydrogen-bond donors (Lipinski definition) is 2. The van der Waals surface area contributed by atoms with E-state index in [9.17, 15) is 4.79 Å². The second-order valence-corrected chi connectivity index (χ2v) is 4.57. The second-order valence-electron chi connectivity index (χ2n) is 4.57. The summed E-state index contributed by atoms with van der Waals surface area (Å²) < 4.78 is 10.5. The Kier molecular flexibility index (Phi) is 3.59. The van der Waals surface area contributed by atoms with Crippen LogP contribution in [0.2, 0.25) is 0 Å². The van der Waals surface area contributed by atoms with E-state index in [1.165, 1.54) is 6.08 Å². The van der Waals surface area contributed by atoms with Gasteiger partial charge in [-0.05, 0) is 30.2 Å². The summed E-state index contributed by atoms with van der Waals surface area (Å²) in [7, 11) is 0. The van der Waals surface area contributed by atoms with Crippen molar-refractivity contribution in [3.05, 3.63) is 41.6 Å². The molecule has 2 aromatic rings. The van der Waals surface area contributed by atoms with Crippen LogP contribution in [0, 0.1) is 0 Å². The molecule has 1 amide bonds. The lowest BCUT2D eigenvalue weighted by atomic mass is 10.2. The summed E-state index contributed by atoms with van der Waals surface area (Å²) in [5.74, 6) is 1.70. The number of ether oxygens (including phenoxy) is 2.